The van der Waals surface area contributed by atoms with E-state index in [0.717, 1.165) is 82.1 Å². The van der Waals surface area contributed by atoms with Crippen molar-refractivity contribution in [3.63, 3.8) is 0 Å². The lowest BCUT2D eigenvalue weighted by molar-refractivity contribution is -0.137. The average molecular weight is 412 g/mol. The van der Waals surface area contributed by atoms with Crippen LogP contribution in [0.3, 0.4) is 0 Å². The number of amides is 2. The maximum atomic E-state index is 13.0. The topological polar surface area (TPSA) is 94.9 Å². The van der Waals surface area contributed by atoms with E-state index in [1.54, 1.807) is 13.1 Å². The summed E-state index contributed by atoms with van der Waals surface area (Å²) in [5, 5.41) is 10.9. The van der Waals surface area contributed by atoms with Crippen LogP contribution in [0.15, 0.2) is 12.3 Å². The van der Waals surface area contributed by atoms with Crippen LogP contribution in [0.4, 0.5) is 5.82 Å². The van der Waals surface area contributed by atoms with Crippen LogP contribution in [0.2, 0.25) is 0 Å². The van der Waals surface area contributed by atoms with Gasteiger partial charge in [-0.1, -0.05) is 0 Å². The molecule has 30 heavy (non-hydrogen) atoms. The number of carbonyl (C=O) groups excluding carboxylic acids is 2. The highest BCUT2D eigenvalue weighted by Crippen LogP contribution is 2.32. The zero-order valence-corrected chi connectivity index (χ0v) is 17.4. The van der Waals surface area contributed by atoms with Crippen LogP contribution in [0, 0.1) is 5.92 Å². The van der Waals surface area contributed by atoms with Gasteiger partial charge in [-0.25, -0.2) is 4.98 Å². The standard InChI is InChI=1S/C21H29N7O2/c1-14(29)24-16-5-10-26(11-6-16)21(30)15-12-27(13-15)20-17-2-7-22-8-3-18(17)25-19-4-9-23-28(19)20/h4,9,15-16,22H,2-3,5-8,10-13H2,1H3,(H,24,29). The molecule has 9 nitrogen and oxygen atoms in total. The van der Waals surface area contributed by atoms with Crippen molar-refractivity contribution in [3.8, 4) is 0 Å². The molecule has 0 radical (unpaired) electrons. The van der Waals surface area contributed by atoms with E-state index < -0.39 is 0 Å². The lowest BCUT2D eigenvalue weighted by Crippen LogP contribution is -2.57. The largest absolute Gasteiger partial charge is 0.354 e. The molecule has 0 aliphatic carbocycles. The van der Waals surface area contributed by atoms with Gasteiger partial charge < -0.3 is 20.4 Å². The Morgan fingerprint density at radius 2 is 1.93 bits per heavy atom. The molecule has 160 valence electrons. The summed E-state index contributed by atoms with van der Waals surface area (Å²) in [7, 11) is 0. The van der Waals surface area contributed by atoms with Crippen LogP contribution in [-0.2, 0) is 22.4 Å². The molecule has 9 heteroatoms. The van der Waals surface area contributed by atoms with Gasteiger partial charge in [-0.3, -0.25) is 9.59 Å². The Morgan fingerprint density at radius 1 is 1.17 bits per heavy atom. The number of carbonyl (C=O) groups is 2. The molecule has 3 aliphatic heterocycles. The van der Waals surface area contributed by atoms with Crippen LogP contribution in [-0.4, -0.2) is 76.6 Å². The Morgan fingerprint density at radius 3 is 2.70 bits per heavy atom. The fourth-order valence-electron chi connectivity index (χ4n) is 4.94. The zero-order chi connectivity index (χ0) is 20.7. The second kappa shape index (κ2) is 7.86. The van der Waals surface area contributed by atoms with Crippen LogP contribution in [0.5, 0.6) is 0 Å². The van der Waals surface area contributed by atoms with Gasteiger partial charge in [0, 0.05) is 63.7 Å². The lowest BCUT2D eigenvalue weighted by atomic mass is 9.95. The molecule has 2 saturated heterocycles. The normalized spacial score (nSPS) is 20.6. The molecule has 0 unspecified atom stereocenters. The summed E-state index contributed by atoms with van der Waals surface area (Å²) in [5.41, 5.74) is 3.29. The zero-order valence-electron chi connectivity index (χ0n) is 17.4. The van der Waals surface area contributed by atoms with Gasteiger partial charge in [0.1, 0.15) is 5.82 Å². The highest BCUT2D eigenvalue weighted by Gasteiger charge is 2.39. The first-order valence-electron chi connectivity index (χ1n) is 11.0. The number of rotatable bonds is 3. The molecular weight excluding hydrogens is 382 g/mol. The lowest BCUT2D eigenvalue weighted by Gasteiger charge is -2.44. The Labute approximate surface area is 175 Å². The molecule has 0 aromatic carbocycles. The summed E-state index contributed by atoms with van der Waals surface area (Å²) < 4.78 is 1.93. The molecule has 2 amide bonds. The van der Waals surface area contributed by atoms with E-state index in [-0.39, 0.29) is 23.8 Å². The minimum atomic E-state index is 0.00558. The molecule has 5 heterocycles. The van der Waals surface area contributed by atoms with Gasteiger partial charge in [0.15, 0.2) is 5.65 Å². The first kappa shape index (κ1) is 19.3. The van der Waals surface area contributed by atoms with Gasteiger partial charge in [-0.15, -0.1) is 0 Å². The number of fused-ring (bicyclic) bond motifs is 2. The first-order valence-corrected chi connectivity index (χ1v) is 11.0. The van der Waals surface area contributed by atoms with E-state index in [1.165, 1.54) is 5.56 Å². The van der Waals surface area contributed by atoms with Crippen molar-refractivity contribution in [3.05, 3.63) is 23.5 Å². The fourth-order valence-corrected chi connectivity index (χ4v) is 4.94. The molecule has 0 atom stereocenters. The number of nitrogens with one attached hydrogen (secondary N) is 2. The minimum Gasteiger partial charge on any atom is -0.354 e. The number of nitrogens with zero attached hydrogens (tertiary/aromatic N) is 5. The van der Waals surface area contributed by atoms with Crippen molar-refractivity contribution >= 4 is 23.3 Å². The number of likely N-dealkylation sites (tertiary alicyclic amines) is 1. The van der Waals surface area contributed by atoms with E-state index in [9.17, 15) is 9.59 Å². The Kier molecular flexibility index (Phi) is 5.06. The van der Waals surface area contributed by atoms with Crippen LogP contribution < -0.4 is 15.5 Å². The van der Waals surface area contributed by atoms with Gasteiger partial charge in [-0.05, 0) is 25.8 Å². The van der Waals surface area contributed by atoms with Crippen molar-refractivity contribution in [1.29, 1.82) is 0 Å². The highest BCUT2D eigenvalue weighted by atomic mass is 16.2. The van der Waals surface area contributed by atoms with E-state index >= 15 is 0 Å². The highest BCUT2D eigenvalue weighted by molar-refractivity contribution is 5.82. The van der Waals surface area contributed by atoms with Gasteiger partial charge in [-0.2, -0.15) is 9.61 Å². The molecule has 0 bridgehead atoms. The number of aromatic nitrogens is 3. The second-order valence-corrected chi connectivity index (χ2v) is 8.61. The smallest absolute Gasteiger partial charge is 0.229 e. The van der Waals surface area contributed by atoms with Gasteiger partial charge in [0.05, 0.1) is 17.8 Å². The first-order chi connectivity index (χ1) is 14.6. The van der Waals surface area contributed by atoms with E-state index in [2.05, 4.69) is 20.6 Å². The summed E-state index contributed by atoms with van der Waals surface area (Å²) >= 11 is 0. The molecule has 0 spiro atoms. The van der Waals surface area contributed by atoms with Crippen molar-refractivity contribution in [2.75, 3.05) is 44.2 Å². The Hall–Kier alpha value is -2.68. The average Bonchev–Trinajstić information content (AvgIpc) is 3.03. The summed E-state index contributed by atoms with van der Waals surface area (Å²) in [6, 6.07) is 2.14. The van der Waals surface area contributed by atoms with Crippen LogP contribution >= 0.6 is 0 Å². The SMILES string of the molecule is CC(=O)NC1CCN(C(=O)C2CN(c3c4c(nc5ccnn35)CCNCC4)C2)CC1. The van der Waals surface area contributed by atoms with Crippen molar-refractivity contribution in [1.82, 2.24) is 30.1 Å². The number of hydrogen-bond acceptors (Lipinski definition) is 6. The third kappa shape index (κ3) is 3.51. The van der Waals surface area contributed by atoms with Crippen molar-refractivity contribution < 1.29 is 9.59 Å². The number of hydrogen-bond donors (Lipinski definition) is 2. The van der Waals surface area contributed by atoms with E-state index in [1.807, 2.05) is 15.5 Å². The summed E-state index contributed by atoms with van der Waals surface area (Å²) in [6.45, 7) is 6.33. The van der Waals surface area contributed by atoms with Gasteiger partial charge in [0.25, 0.3) is 0 Å². The van der Waals surface area contributed by atoms with Crippen LogP contribution in [0.25, 0.3) is 5.65 Å². The molecule has 3 aliphatic rings. The predicted octanol–water partition coefficient (Wildman–Crippen LogP) is -0.0192. The van der Waals surface area contributed by atoms with Crippen molar-refractivity contribution in [2.24, 2.45) is 5.92 Å². The summed E-state index contributed by atoms with van der Waals surface area (Å²) in [4.78, 5) is 33.3. The monoisotopic (exact) mass is 411 g/mol. The Bertz CT molecular complexity index is 958. The summed E-state index contributed by atoms with van der Waals surface area (Å²) in [5.74, 6) is 1.38. The fraction of sp³-hybridized carbons (Fsp3) is 0.619. The van der Waals surface area contributed by atoms with Crippen molar-refractivity contribution in [2.45, 2.75) is 38.6 Å². The predicted molar refractivity (Wildman–Crippen MR) is 112 cm³/mol. The summed E-state index contributed by atoms with van der Waals surface area (Å²) in [6.07, 6.45) is 5.31. The molecule has 2 fully saturated rings. The molecule has 5 rings (SSSR count). The van der Waals surface area contributed by atoms with Gasteiger partial charge >= 0.3 is 0 Å². The molecule has 2 aromatic heterocycles. The Balaban J connectivity index is 1.28. The van der Waals surface area contributed by atoms with Crippen LogP contribution in [0.1, 0.15) is 31.0 Å². The third-order valence-electron chi connectivity index (χ3n) is 6.53. The maximum absolute atomic E-state index is 13.0. The molecular formula is C21H29N7O2. The maximum Gasteiger partial charge on any atom is 0.229 e. The number of anilines is 1. The molecule has 2 aromatic rings. The molecule has 0 saturated carbocycles. The quantitative estimate of drug-likeness (QED) is 0.737. The van der Waals surface area contributed by atoms with E-state index in [0.29, 0.717) is 0 Å². The minimum absolute atomic E-state index is 0.00558. The third-order valence-corrected chi connectivity index (χ3v) is 6.53. The van der Waals surface area contributed by atoms with E-state index in [4.69, 9.17) is 4.98 Å². The van der Waals surface area contributed by atoms with Gasteiger partial charge in [0.2, 0.25) is 11.8 Å². The number of piperidine rings is 1. The molecule has 2 N–H and O–H groups in total. The second-order valence-electron chi connectivity index (χ2n) is 8.61.